The molecule has 1 aromatic heterocycles. The van der Waals surface area contributed by atoms with Gasteiger partial charge in [0.2, 0.25) is 5.91 Å². The van der Waals surface area contributed by atoms with Gasteiger partial charge >= 0.3 is 0 Å². The summed E-state index contributed by atoms with van der Waals surface area (Å²) in [5.74, 6) is 0.781. The number of carbonyl (C=O) groups is 1. The van der Waals surface area contributed by atoms with Crippen LogP contribution in [0.3, 0.4) is 0 Å². The van der Waals surface area contributed by atoms with E-state index in [2.05, 4.69) is 15.5 Å². The molecule has 3 rings (SSSR count). The van der Waals surface area contributed by atoms with Crippen LogP contribution in [0.4, 0.5) is 10.1 Å². The fourth-order valence-electron chi connectivity index (χ4n) is 2.90. The van der Waals surface area contributed by atoms with Crippen LogP contribution in [-0.2, 0) is 17.8 Å². The highest BCUT2D eigenvalue weighted by Crippen LogP contribution is 2.27. The molecule has 0 spiro atoms. The van der Waals surface area contributed by atoms with Crippen LogP contribution in [0.1, 0.15) is 32.0 Å². The number of aromatic nitrogens is 3. The number of fused-ring (bicyclic) bond motifs is 1. The predicted octanol–water partition coefficient (Wildman–Crippen LogP) is 3.88. The molecule has 1 aliphatic rings. The van der Waals surface area contributed by atoms with Crippen molar-refractivity contribution >= 4 is 11.6 Å². The lowest BCUT2D eigenvalue weighted by Crippen LogP contribution is -2.09. The van der Waals surface area contributed by atoms with Crippen LogP contribution >= 0.6 is 0 Å². The molecular formula is C19H21FN4O. The monoisotopic (exact) mass is 340 g/mol. The third-order valence-corrected chi connectivity index (χ3v) is 4.14. The van der Waals surface area contributed by atoms with Gasteiger partial charge in [0.25, 0.3) is 0 Å². The van der Waals surface area contributed by atoms with Crippen LogP contribution in [0.5, 0.6) is 0 Å². The minimum atomic E-state index is -0.373. The lowest BCUT2D eigenvalue weighted by atomic mass is 10.1. The molecule has 0 aliphatic carbocycles. The Morgan fingerprint density at radius 1 is 1.24 bits per heavy atom. The number of hydrogen-bond acceptors (Lipinski definition) is 3. The number of aryl methyl sites for hydroxylation is 1. The Balaban J connectivity index is 1.88. The number of allylic oxidation sites excluding steroid dienone is 3. The van der Waals surface area contributed by atoms with Gasteiger partial charge in [-0.3, -0.25) is 4.79 Å². The number of hydrogen-bond donors (Lipinski definition) is 1. The van der Waals surface area contributed by atoms with Gasteiger partial charge in [-0.25, -0.2) is 4.39 Å². The van der Waals surface area contributed by atoms with Gasteiger partial charge in [0.05, 0.1) is 5.56 Å². The van der Waals surface area contributed by atoms with Crippen molar-refractivity contribution in [1.82, 2.24) is 14.8 Å². The fraction of sp³-hybridized carbons (Fsp3) is 0.316. The van der Waals surface area contributed by atoms with E-state index in [0.29, 0.717) is 17.1 Å². The third kappa shape index (κ3) is 4.02. The second kappa shape index (κ2) is 7.88. The summed E-state index contributed by atoms with van der Waals surface area (Å²) in [5, 5.41) is 11.1. The van der Waals surface area contributed by atoms with E-state index in [1.165, 1.54) is 12.1 Å². The Labute approximate surface area is 146 Å². The molecule has 0 fully saturated rings. The summed E-state index contributed by atoms with van der Waals surface area (Å²) < 4.78 is 16.4. The molecule has 0 unspecified atom stereocenters. The number of nitrogens with zero attached hydrogens (tertiary/aromatic N) is 3. The summed E-state index contributed by atoms with van der Waals surface area (Å²) in [7, 11) is 0. The largest absolute Gasteiger partial charge is 0.322 e. The number of carbonyl (C=O) groups excluding carboxylic acids is 1. The van der Waals surface area contributed by atoms with Crippen molar-refractivity contribution in [3.8, 4) is 11.4 Å². The molecule has 1 aliphatic heterocycles. The molecule has 6 heteroatoms. The van der Waals surface area contributed by atoms with Gasteiger partial charge in [0, 0.05) is 24.7 Å². The zero-order chi connectivity index (χ0) is 17.6. The quantitative estimate of drug-likeness (QED) is 0.679. The molecule has 0 atom stereocenters. The lowest BCUT2D eigenvalue weighted by molar-refractivity contribution is -0.111. The first-order chi connectivity index (χ1) is 12.2. The molecular weight excluding hydrogens is 319 g/mol. The van der Waals surface area contributed by atoms with Crippen LogP contribution in [0, 0.1) is 5.82 Å². The average Bonchev–Trinajstić information content (AvgIpc) is 2.85. The van der Waals surface area contributed by atoms with Crippen molar-refractivity contribution in [3.05, 3.63) is 54.1 Å². The maximum absolute atomic E-state index is 14.4. The Hall–Kier alpha value is -2.76. The highest BCUT2D eigenvalue weighted by molar-refractivity contribution is 5.99. The minimum Gasteiger partial charge on any atom is -0.322 e. The number of amides is 1. The van der Waals surface area contributed by atoms with Crippen LogP contribution in [0.15, 0.2) is 42.5 Å². The fourth-order valence-corrected chi connectivity index (χ4v) is 2.90. The smallest absolute Gasteiger partial charge is 0.248 e. The molecule has 2 aromatic rings. The minimum absolute atomic E-state index is 0.268. The SMILES string of the molecule is C/C=C/C=C/C(=O)Nc1ccc(F)c(-c2nnc3n2CCCCC3)c1. The van der Waals surface area contributed by atoms with E-state index in [-0.39, 0.29) is 11.7 Å². The second-order valence-electron chi connectivity index (χ2n) is 5.97. The standard InChI is InChI=1S/C19H21FN4O/c1-2-3-5-9-18(25)21-14-10-11-16(20)15(13-14)19-23-22-17-8-6-4-7-12-24(17)19/h2-3,5,9-11,13H,4,6-8,12H2,1H3,(H,21,25)/b3-2+,9-5+. The van der Waals surface area contributed by atoms with Crippen molar-refractivity contribution in [2.75, 3.05) is 5.32 Å². The van der Waals surface area contributed by atoms with Gasteiger partial charge in [-0.05, 0) is 38.0 Å². The second-order valence-corrected chi connectivity index (χ2v) is 5.97. The zero-order valence-corrected chi connectivity index (χ0v) is 14.2. The van der Waals surface area contributed by atoms with Crippen LogP contribution in [0.2, 0.25) is 0 Å². The third-order valence-electron chi connectivity index (χ3n) is 4.14. The van der Waals surface area contributed by atoms with E-state index >= 15 is 0 Å². The van der Waals surface area contributed by atoms with E-state index in [4.69, 9.17) is 0 Å². The summed E-state index contributed by atoms with van der Waals surface area (Å²) in [5.41, 5.74) is 0.883. The first-order valence-electron chi connectivity index (χ1n) is 8.51. The lowest BCUT2D eigenvalue weighted by Gasteiger charge is -2.10. The van der Waals surface area contributed by atoms with Gasteiger partial charge in [-0.2, -0.15) is 0 Å². The Kier molecular flexibility index (Phi) is 5.38. The maximum Gasteiger partial charge on any atom is 0.248 e. The number of anilines is 1. The van der Waals surface area contributed by atoms with Gasteiger partial charge in [-0.15, -0.1) is 10.2 Å². The number of rotatable bonds is 4. The Bertz CT molecular complexity index is 823. The predicted molar refractivity (Wildman–Crippen MR) is 95.6 cm³/mol. The normalized spacial score (nSPS) is 14.6. The van der Waals surface area contributed by atoms with Crippen molar-refractivity contribution in [2.45, 2.75) is 39.2 Å². The highest BCUT2D eigenvalue weighted by Gasteiger charge is 2.19. The topological polar surface area (TPSA) is 59.8 Å². The van der Waals surface area contributed by atoms with Crippen molar-refractivity contribution in [3.63, 3.8) is 0 Å². The molecule has 1 amide bonds. The molecule has 0 saturated carbocycles. The van der Waals surface area contributed by atoms with Crippen LogP contribution in [0.25, 0.3) is 11.4 Å². The number of nitrogens with one attached hydrogen (secondary N) is 1. The maximum atomic E-state index is 14.4. The molecule has 0 radical (unpaired) electrons. The first kappa shape index (κ1) is 17.1. The van der Waals surface area contributed by atoms with E-state index in [1.807, 2.05) is 17.6 Å². The van der Waals surface area contributed by atoms with Crippen molar-refractivity contribution in [1.29, 1.82) is 0 Å². The number of benzene rings is 1. The summed E-state index contributed by atoms with van der Waals surface area (Å²) in [6.45, 7) is 2.66. The molecule has 1 N–H and O–H groups in total. The highest BCUT2D eigenvalue weighted by atomic mass is 19.1. The van der Waals surface area contributed by atoms with E-state index in [0.717, 1.165) is 38.1 Å². The van der Waals surface area contributed by atoms with Gasteiger partial charge in [0.1, 0.15) is 11.6 Å². The molecule has 130 valence electrons. The van der Waals surface area contributed by atoms with E-state index < -0.39 is 0 Å². The van der Waals surface area contributed by atoms with Crippen LogP contribution < -0.4 is 5.32 Å². The average molecular weight is 340 g/mol. The summed E-state index contributed by atoms with van der Waals surface area (Å²) in [6, 6.07) is 4.50. The van der Waals surface area contributed by atoms with Gasteiger partial charge < -0.3 is 9.88 Å². The Morgan fingerprint density at radius 3 is 2.96 bits per heavy atom. The molecule has 0 saturated heterocycles. The molecule has 0 bridgehead atoms. The summed E-state index contributed by atoms with van der Waals surface area (Å²) in [4.78, 5) is 11.9. The van der Waals surface area contributed by atoms with Crippen molar-refractivity contribution in [2.24, 2.45) is 0 Å². The van der Waals surface area contributed by atoms with E-state index in [9.17, 15) is 9.18 Å². The van der Waals surface area contributed by atoms with Gasteiger partial charge in [-0.1, -0.05) is 24.6 Å². The number of halogens is 1. The summed E-state index contributed by atoms with van der Waals surface area (Å²) >= 11 is 0. The van der Waals surface area contributed by atoms with Gasteiger partial charge in [0.15, 0.2) is 5.82 Å². The first-order valence-corrected chi connectivity index (χ1v) is 8.51. The zero-order valence-electron chi connectivity index (χ0n) is 14.2. The molecule has 25 heavy (non-hydrogen) atoms. The van der Waals surface area contributed by atoms with Crippen LogP contribution in [-0.4, -0.2) is 20.7 Å². The Morgan fingerprint density at radius 2 is 2.12 bits per heavy atom. The van der Waals surface area contributed by atoms with E-state index in [1.54, 1.807) is 24.3 Å². The molecule has 1 aromatic carbocycles. The molecule has 2 heterocycles. The molecule has 5 nitrogen and oxygen atoms in total. The summed E-state index contributed by atoms with van der Waals surface area (Å²) in [6.07, 6.45) is 10.8. The van der Waals surface area contributed by atoms with Crippen molar-refractivity contribution < 1.29 is 9.18 Å².